The second-order valence-corrected chi connectivity index (χ2v) is 7.87. The number of halogens is 3. The first kappa shape index (κ1) is 21.3. The molecule has 164 valence electrons. The average Bonchev–Trinajstić information content (AvgIpc) is 2.89. The van der Waals surface area contributed by atoms with Crippen molar-refractivity contribution in [2.45, 2.75) is 19.5 Å². The van der Waals surface area contributed by atoms with Gasteiger partial charge < -0.3 is 4.90 Å². The van der Waals surface area contributed by atoms with E-state index in [9.17, 15) is 18.0 Å². The van der Waals surface area contributed by atoms with Gasteiger partial charge in [0.25, 0.3) is 5.91 Å². The Morgan fingerprint density at radius 3 is 2.55 bits per heavy atom. The lowest BCUT2D eigenvalue weighted by molar-refractivity contribution is -0.145. The molecule has 1 aliphatic rings. The van der Waals surface area contributed by atoms with Crippen LogP contribution in [0.25, 0.3) is 22.3 Å². The molecule has 0 bridgehead atoms. The van der Waals surface area contributed by atoms with Crippen LogP contribution in [0.3, 0.4) is 0 Å². The van der Waals surface area contributed by atoms with Gasteiger partial charge in [0.1, 0.15) is 0 Å². The van der Waals surface area contributed by atoms with Crippen molar-refractivity contribution in [3.63, 3.8) is 0 Å². The second kappa shape index (κ2) is 8.30. The number of alkyl halides is 3. The highest BCUT2D eigenvalue weighted by Crippen LogP contribution is 2.28. The zero-order valence-electron chi connectivity index (χ0n) is 17.5. The Balaban J connectivity index is 1.69. The molecule has 0 atom stereocenters. The van der Waals surface area contributed by atoms with Crippen molar-refractivity contribution in [3.8, 4) is 11.3 Å². The summed E-state index contributed by atoms with van der Waals surface area (Å²) in [5.41, 5.74) is 3.33. The van der Waals surface area contributed by atoms with Gasteiger partial charge >= 0.3 is 6.18 Å². The van der Waals surface area contributed by atoms with Gasteiger partial charge in [-0.05, 0) is 19.4 Å². The van der Waals surface area contributed by atoms with Crippen molar-refractivity contribution in [2.75, 3.05) is 32.7 Å². The van der Waals surface area contributed by atoms with Crippen molar-refractivity contribution >= 4 is 16.9 Å². The monoisotopic (exact) mass is 431 g/mol. The minimum Gasteiger partial charge on any atom is -0.337 e. The number of carbonyl (C=O) groups excluding carboxylic acids is 1. The number of carbonyl (C=O) groups is 1. The Bertz CT molecular complexity index is 1090. The molecule has 31 heavy (non-hydrogen) atoms. The molecule has 0 unspecified atom stereocenters. The topological polar surface area (TPSA) is 54.3 Å². The van der Waals surface area contributed by atoms with E-state index in [-0.39, 0.29) is 19.0 Å². The van der Waals surface area contributed by atoms with Crippen LogP contribution in [0.2, 0.25) is 0 Å². The summed E-state index contributed by atoms with van der Waals surface area (Å²) >= 11 is 0. The fraction of sp³-hybridized carbons (Fsp3) is 0.409. The maximum atomic E-state index is 13.5. The zero-order valence-corrected chi connectivity index (χ0v) is 17.5. The first-order valence-corrected chi connectivity index (χ1v) is 10.2. The second-order valence-electron chi connectivity index (χ2n) is 7.87. The largest absolute Gasteiger partial charge is 0.401 e. The van der Waals surface area contributed by atoms with Crippen molar-refractivity contribution in [1.82, 2.24) is 24.6 Å². The van der Waals surface area contributed by atoms with E-state index in [0.717, 1.165) is 5.56 Å². The summed E-state index contributed by atoms with van der Waals surface area (Å²) in [5.74, 6) is -0.200. The van der Waals surface area contributed by atoms with Crippen LogP contribution in [0.1, 0.15) is 22.5 Å². The number of aryl methyl sites for hydroxylation is 2. The molecule has 0 aliphatic carbocycles. The Hall–Kier alpha value is -2.94. The lowest BCUT2D eigenvalue weighted by Crippen LogP contribution is -2.38. The van der Waals surface area contributed by atoms with Crippen LogP contribution >= 0.6 is 0 Å². The number of hydrogen-bond acceptors (Lipinski definition) is 4. The number of amides is 1. The molecule has 6 nitrogen and oxygen atoms in total. The van der Waals surface area contributed by atoms with E-state index in [0.29, 0.717) is 47.5 Å². The normalized spacial score (nSPS) is 16.0. The van der Waals surface area contributed by atoms with Gasteiger partial charge in [0.05, 0.1) is 28.9 Å². The molecule has 0 spiro atoms. The first-order valence-electron chi connectivity index (χ1n) is 10.2. The fourth-order valence-corrected chi connectivity index (χ4v) is 4.13. The minimum absolute atomic E-state index is 0.192. The Kier molecular flexibility index (Phi) is 5.70. The third-order valence-electron chi connectivity index (χ3n) is 5.55. The summed E-state index contributed by atoms with van der Waals surface area (Å²) in [6, 6.07) is 11.3. The Morgan fingerprint density at radius 1 is 1.10 bits per heavy atom. The number of nitrogens with zero attached hydrogens (tertiary/aromatic N) is 5. The predicted octanol–water partition coefficient (Wildman–Crippen LogP) is 3.65. The molecule has 1 amide bonds. The maximum absolute atomic E-state index is 13.5. The highest BCUT2D eigenvalue weighted by molar-refractivity contribution is 6.07. The van der Waals surface area contributed by atoms with Crippen molar-refractivity contribution in [1.29, 1.82) is 0 Å². The number of benzene rings is 1. The number of hydrogen-bond donors (Lipinski definition) is 0. The molecule has 1 aliphatic heterocycles. The minimum atomic E-state index is -4.24. The lowest BCUT2D eigenvalue weighted by Gasteiger charge is -2.23. The number of pyridine rings is 1. The highest BCUT2D eigenvalue weighted by Gasteiger charge is 2.32. The van der Waals surface area contributed by atoms with Gasteiger partial charge in [-0.15, -0.1) is 0 Å². The van der Waals surface area contributed by atoms with Gasteiger partial charge in [-0.2, -0.15) is 18.3 Å². The van der Waals surface area contributed by atoms with E-state index >= 15 is 0 Å². The van der Waals surface area contributed by atoms with Crippen LogP contribution in [-0.2, 0) is 7.05 Å². The van der Waals surface area contributed by atoms with Gasteiger partial charge in [-0.1, -0.05) is 30.3 Å². The van der Waals surface area contributed by atoms with E-state index in [4.69, 9.17) is 4.98 Å². The lowest BCUT2D eigenvalue weighted by atomic mass is 10.0. The molecular formula is C22H24F3N5O. The summed E-state index contributed by atoms with van der Waals surface area (Å²) in [4.78, 5) is 21.3. The Morgan fingerprint density at radius 2 is 1.84 bits per heavy atom. The SMILES string of the molecule is Cc1nn(C)c2nc(-c3ccccc3)cc(C(=O)N3CCCN(CC(F)(F)F)CC3)c12. The summed E-state index contributed by atoms with van der Waals surface area (Å²) in [7, 11) is 1.78. The van der Waals surface area contributed by atoms with E-state index in [1.165, 1.54) is 4.90 Å². The molecule has 0 N–H and O–H groups in total. The van der Waals surface area contributed by atoms with E-state index in [1.807, 2.05) is 37.3 Å². The summed E-state index contributed by atoms with van der Waals surface area (Å²) in [6.07, 6.45) is -3.75. The zero-order chi connectivity index (χ0) is 22.2. The molecule has 3 heterocycles. The quantitative estimate of drug-likeness (QED) is 0.635. The van der Waals surface area contributed by atoms with Crippen LogP contribution in [0.5, 0.6) is 0 Å². The summed E-state index contributed by atoms with van der Waals surface area (Å²) in [5, 5.41) is 5.12. The van der Waals surface area contributed by atoms with Crippen molar-refractivity contribution in [2.24, 2.45) is 7.05 Å². The van der Waals surface area contributed by atoms with Gasteiger partial charge in [-0.3, -0.25) is 14.4 Å². The molecule has 9 heteroatoms. The van der Waals surface area contributed by atoms with Crippen LogP contribution in [0.4, 0.5) is 13.2 Å². The van der Waals surface area contributed by atoms with Crippen LogP contribution < -0.4 is 0 Å². The number of fused-ring (bicyclic) bond motifs is 1. The standard InChI is InChI=1S/C22H24F3N5O/c1-15-19-17(21(31)30-10-6-9-29(11-12-30)14-22(23,24)25)13-18(16-7-4-3-5-8-16)26-20(19)28(2)27-15/h3-5,7-8,13H,6,9-12,14H2,1-2H3. The molecule has 0 radical (unpaired) electrons. The molecule has 0 saturated carbocycles. The van der Waals surface area contributed by atoms with E-state index < -0.39 is 12.7 Å². The molecule has 2 aromatic heterocycles. The maximum Gasteiger partial charge on any atom is 0.401 e. The van der Waals surface area contributed by atoms with Crippen molar-refractivity contribution < 1.29 is 18.0 Å². The van der Waals surface area contributed by atoms with Gasteiger partial charge in [-0.25, -0.2) is 4.98 Å². The predicted molar refractivity (Wildman–Crippen MR) is 112 cm³/mol. The fourth-order valence-electron chi connectivity index (χ4n) is 4.13. The van der Waals surface area contributed by atoms with Crippen LogP contribution in [0, 0.1) is 6.92 Å². The molecule has 1 saturated heterocycles. The molecule has 1 aromatic carbocycles. The average molecular weight is 431 g/mol. The third kappa shape index (κ3) is 4.56. The van der Waals surface area contributed by atoms with Crippen LogP contribution in [0.15, 0.2) is 36.4 Å². The van der Waals surface area contributed by atoms with Gasteiger partial charge in [0, 0.05) is 38.8 Å². The highest BCUT2D eigenvalue weighted by atomic mass is 19.4. The smallest absolute Gasteiger partial charge is 0.337 e. The van der Waals surface area contributed by atoms with Crippen LogP contribution in [-0.4, -0.2) is 69.4 Å². The van der Waals surface area contributed by atoms with Crippen molar-refractivity contribution in [3.05, 3.63) is 47.7 Å². The Labute approximate surface area is 178 Å². The molecular weight excluding hydrogens is 407 g/mol. The summed E-state index contributed by atoms with van der Waals surface area (Å²) in [6.45, 7) is 2.05. The molecule has 4 rings (SSSR count). The third-order valence-corrected chi connectivity index (χ3v) is 5.55. The number of aromatic nitrogens is 3. The van der Waals surface area contributed by atoms with Gasteiger partial charge in [0.2, 0.25) is 0 Å². The number of rotatable bonds is 3. The molecule has 3 aromatic rings. The first-order chi connectivity index (χ1) is 14.7. The molecule has 1 fully saturated rings. The summed E-state index contributed by atoms with van der Waals surface area (Å²) < 4.78 is 40.0. The van der Waals surface area contributed by atoms with E-state index in [2.05, 4.69) is 5.10 Å². The van der Waals surface area contributed by atoms with E-state index in [1.54, 1.807) is 22.7 Å². The van der Waals surface area contributed by atoms with Gasteiger partial charge in [0.15, 0.2) is 5.65 Å².